The molecule has 0 aliphatic rings. The molecule has 0 radical (unpaired) electrons. The van der Waals surface area contributed by atoms with Crippen molar-refractivity contribution in [3.05, 3.63) is 15.8 Å². The Kier molecular flexibility index (Phi) is 6.35. The van der Waals surface area contributed by atoms with Gasteiger partial charge in [0.1, 0.15) is 11.3 Å². The van der Waals surface area contributed by atoms with Crippen molar-refractivity contribution in [3.63, 3.8) is 0 Å². The van der Waals surface area contributed by atoms with Crippen LogP contribution >= 0.6 is 0 Å². The largest absolute Gasteiger partial charge is 0.444 e. The van der Waals surface area contributed by atoms with Gasteiger partial charge in [-0.15, -0.1) is 0 Å². The van der Waals surface area contributed by atoms with E-state index < -0.39 is 16.6 Å². The Morgan fingerprint density at radius 2 is 2.04 bits per heavy atom. The van der Waals surface area contributed by atoms with Gasteiger partial charge >= 0.3 is 11.8 Å². The molecule has 0 aliphatic heterocycles. The zero-order valence-corrected chi connectivity index (χ0v) is 14.3. The Bertz CT molecular complexity index is 562. The predicted molar refractivity (Wildman–Crippen MR) is 86.6 cm³/mol. The van der Waals surface area contributed by atoms with E-state index in [1.165, 1.54) is 0 Å². The molecule has 2 N–H and O–H groups in total. The van der Waals surface area contributed by atoms with Crippen molar-refractivity contribution in [1.82, 2.24) is 15.1 Å². The van der Waals surface area contributed by atoms with E-state index in [4.69, 9.17) is 4.74 Å². The third-order valence-corrected chi connectivity index (χ3v) is 2.80. The minimum atomic E-state index is -0.562. The van der Waals surface area contributed by atoms with Crippen molar-refractivity contribution in [3.8, 4) is 0 Å². The summed E-state index contributed by atoms with van der Waals surface area (Å²) in [6.07, 6.45) is 0.287. The molecule has 130 valence electrons. The van der Waals surface area contributed by atoms with Crippen LogP contribution in [0.2, 0.25) is 0 Å². The number of nitrogens with zero attached hydrogens (tertiary/aromatic N) is 3. The second-order valence-corrected chi connectivity index (χ2v) is 6.12. The number of amides is 1. The van der Waals surface area contributed by atoms with Crippen LogP contribution in [-0.2, 0) is 11.3 Å². The molecule has 0 bridgehead atoms. The fourth-order valence-corrected chi connectivity index (χ4v) is 2.00. The van der Waals surface area contributed by atoms with Gasteiger partial charge < -0.3 is 15.4 Å². The molecule has 1 heterocycles. The minimum Gasteiger partial charge on any atom is -0.444 e. The standard InChI is InChI=1S/C14H25N5O4/c1-6-9-18-12(11(19(21)22)10(2)17-18)15-7-8-16-13(20)23-14(3,4)5/h15H,6-9H2,1-5H3,(H,16,20). The Balaban J connectivity index is 2.63. The Hall–Kier alpha value is -2.32. The molecular formula is C14H25N5O4. The first-order valence-electron chi connectivity index (χ1n) is 7.58. The molecule has 0 fully saturated rings. The highest BCUT2D eigenvalue weighted by molar-refractivity contribution is 5.67. The number of hydrogen-bond donors (Lipinski definition) is 2. The van der Waals surface area contributed by atoms with E-state index in [0.717, 1.165) is 6.42 Å². The van der Waals surface area contributed by atoms with Gasteiger partial charge in [0.25, 0.3) is 0 Å². The van der Waals surface area contributed by atoms with E-state index >= 15 is 0 Å². The zero-order chi connectivity index (χ0) is 17.6. The zero-order valence-electron chi connectivity index (χ0n) is 14.3. The fraction of sp³-hybridized carbons (Fsp3) is 0.714. The predicted octanol–water partition coefficient (Wildman–Crippen LogP) is 2.45. The summed E-state index contributed by atoms with van der Waals surface area (Å²) in [7, 11) is 0. The first-order valence-corrected chi connectivity index (χ1v) is 7.58. The number of anilines is 1. The summed E-state index contributed by atoms with van der Waals surface area (Å²) in [5.41, 5.74) is -0.227. The Morgan fingerprint density at radius 3 is 2.57 bits per heavy atom. The topological polar surface area (TPSA) is 111 Å². The summed E-state index contributed by atoms with van der Waals surface area (Å²) in [4.78, 5) is 22.3. The fourth-order valence-electron chi connectivity index (χ4n) is 2.00. The van der Waals surface area contributed by atoms with Gasteiger partial charge in [-0.2, -0.15) is 5.10 Å². The normalized spacial score (nSPS) is 11.2. The van der Waals surface area contributed by atoms with Crippen LogP contribution in [0, 0.1) is 17.0 Å². The maximum atomic E-state index is 11.5. The van der Waals surface area contributed by atoms with E-state index in [2.05, 4.69) is 15.7 Å². The SMILES string of the molecule is CCCn1nc(C)c([N+](=O)[O-])c1NCCNC(=O)OC(C)(C)C. The monoisotopic (exact) mass is 327 g/mol. The third-order valence-electron chi connectivity index (χ3n) is 2.80. The summed E-state index contributed by atoms with van der Waals surface area (Å²) in [6, 6.07) is 0. The van der Waals surface area contributed by atoms with E-state index in [9.17, 15) is 14.9 Å². The number of alkyl carbamates (subject to hydrolysis) is 1. The van der Waals surface area contributed by atoms with E-state index in [1.54, 1.807) is 32.4 Å². The van der Waals surface area contributed by atoms with Crippen LogP contribution in [-0.4, -0.2) is 39.5 Å². The van der Waals surface area contributed by atoms with Crippen molar-refractivity contribution in [2.45, 2.75) is 53.2 Å². The molecule has 9 heteroatoms. The number of carbonyl (C=O) groups excluding carboxylic acids is 1. The first kappa shape index (κ1) is 18.7. The number of carbonyl (C=O) groups is 1. The lowest BCUT2D eigenvalue weighted by Crippen LogP contribution is -2.35. The van der Waals surface area contributed by atoms with Gasteiger partial charge in [0.15, 0.2) is 0 Å². The number of nitro groups is 1. The molecule has 0 aliphatic carbocycles. The number of ether oxygens (including phenoxy) is 1. The maximum absolute atomic E-state index is 11.5. The molecular weight excluding hydrogens is 302 g/mol. The smallest absolute Gasteiger partial charge is 0.407 e. The number of rotatable bonds is 7. The van der Waals surface area contributed by atoms with Crippen LogP contribution in [0.1, 0.15) is 39.8 Å². The van der Waals surface area contributed by atoms with Gasteiger partial charge in [-0.05, 0) is 34.1 Å². The molecule has 1 amide bonds. The number of aromatic nitrogens is 2. The van der Waals surface area contributed by atoms with E-state index in [1.807, 2.05) is 6.92 Å². The van der Waals surface area contributed by atoms with Gasteiger partial charge in [-0.25, -0.2) is 9.48 Å². The lowest BCUT2D eigenvalue weighted by Gasteiger charge is -2.19. The molecule has 1 rings (SSSR count). The lowest BCUT2D eigenvalue weighted by atomic mass is 10.2. The molecule has 0 unspecified atom stereocenters. The van der Waals surface area contributed by atoms with Gasteiger partial charge in [0.2, 0.25) is 5.82 Å². The molecule has 1 aromatic rings. The highest BCUT2D eigenvalue weighted by Gasteiger charge is 2.24. The van der Waals surface area contributed by atoms with Crippen LogP contribution in [0.15, 0.2) is 0 Å². The number of nitrogens with one attached hydrogen (secondary N) is 2. The van der Waals surface area contributed by atoms with Crippen molar-refractivity contribution < 1.29 is 14.5 Å². The van der Waals surface area contributed by atoms with Gasteiger partial charge in [-0.3, -0.25) is 10.1 Å². The highest BCUT2D eigenvalue weighted by atomic mass is 16.6. The molecule has 0 atom stereocenters. The lowest BCUT2D eigenvalue weighted by molar-refractivity contribution is -0.384. The molecule has 0 spiro atoms. The van der Waals surface area contributed by atoms with Crippen LogP contribution in [0.4, 0.5) is 16.3 Å². The van der Waals surface area contributed by atoms with Gasteiger partial charge in [0.05, 0.1) is 4.92 Å². The summed E-state index contributed by atoms with van der Waals surface area (Å²) >= 11 is 0. The van der Waals surface area contributed by atoms with Crippen LogP contribution in [0.3, 0.4) is 0 Å². The van der Waals surface area contributed by atoms with Crippen molar-refractivity contribution >= 4 is 17.6 Å². The van der Waals surface area contributed by atoms with Gasteiger partial charge in [0, 0.05) is 19.6 Å². The molecule has 0 saturated heterocycles. The van der Waals surface area contributed by atoms with Crippen LogP contribution < -0.4 is 10.6 Å². The summed E-state index contributed by atoms with van der Waals surface area (Å²) in [5.74, 6) is 0.361. The van der Waals surface area contributed by atoms with E-state index in [-0.39, 0.29) is 12.2 Å². The van der Waals surface area contributed by atoms with Crippen molar-refractivity contribution in [1.29, 1.82) is 0 Å². The highest BCUT2D eigenvalue weighted by Crippen LogP contribution is 2.28. The third kappa shape index (κ3) is 5.76. The summed E-state index contributed by atoms with van der Waals surface area (Å²) in [5, 5.41) is 20.9. The van der Waals surface area contributed by atoms with Gasteiger partial charge in [-0.1, -0.05) is 6.92 Å². The van der Waals surface area contributed by atoms with Crippen molar-refractivity contribution in [2.24, 2.45) is 0 Å². The Labute approximate surface area is 135 Å². The molecule has 9 nitrogen and oxygen atoms in total. The first-order chi connectivity index (χ1) is 10.7. The number of aryl methyl sites for hydroxylation is 2. The average Bonchev–Trinajstić information content (AvgIpc) is 2.69. The molecule has 0 aromatic carbocycles. The van der Waals surface area contributed by atoms with Crippen LogP contribution in [0.25, 0.3) is 0 Å². The molecule has 23 heavy (non-hydrogen) atoms. The Morgan fingerprint density at radius 1 is 1.39 bits per heavy atom. The summed E-state index contributed by atoms with van der Waals surface area (Å²) in [6.45, 7) is 10.1. The minimum absolute atomic E-state index is 0.0317. The second kappa shape index (κ2) is 7.80. The average molecular weight is 327 g/mol. The summed E-state index contributed by atoms with van der Waals surface area (Å²) < 4.78 is 6.70. The molecule has 1 aromatic heterocycles. The van der Waals surface area contributed by atoms with E-state index in [0.29, 0.717) is 24.6 Å². The maximum Gasteiger partial charge on any atom is 0.407 e. The quantitative estimate of drug-likeness (QED) is 0.452. The molecule has 0 saturated carbocycles. The van der Waals surface area contributed by atoms with Crippen LogP contribution in [0.5, 0.6) is 0 Å². The number of hydrogen-bond acceptors (Lipinski definition) is 6. The second-order valence-electron chi connectivity index (χ2n) is 6.12. The van der Waals surface area contributed by atoms with Crippen molar-refractivity contribution in [2.75, 3.05) is 18.4 Å².